The molecule has 2 nitrogen and oxygen atoms in total. The van der Waals surface area contributed by atoms with E-state index in [-0.39, 0.29) is 0 Å². The average molecular weight is 454 g/mol. The van der Waals surface area contributed by atoms with Crippen LogP contribution in [0.15, 0.2) is 97.1 Å². The first-order chi connectivity index (χ1) is 16.1. The van der Waals surface area contributed by atoms with Gasteiger partial charge in [0.05, 0.1) is 0 Å². The maximum Gasteiger partial charge on any atom is 0.131 e. The van der Waals surface area contributed by atoms with Crippen LogP contribution in [-0.2, 0) is 19.6 Å². The van der Waals surface area contributed by atoms with Crippen LogP contribution < -0.4 is 15.3 Å². The third-order valence-corrected chi connectivity index (χ3v) is 7.29. The van der Waals surface area contributed by atoms with Crippen molar-refractivity contribution in [1.82, 2.24) is 4.90 Å². The molecule has 0 radical (unpaired) electrons. The van der Waals surface area contributed by atoms with Crippen molar-refractivity contribution in [2.45, 2.75) is 26.5 Å². The van der Waals surface area contributed by atoms with Gasteiger partial charge in [0, 0.05) is 18.3 Å². The number of ether oxygens (including phenoxy) is 1. The first kappa shape index (κ1) is 23.2. The van der Waals surface area contributed by atoms with Gasteiger partial charge in [-0.15, -0.1) is 0 Å². The van der Waals surface area contributed by atoms with E-state index < -0.39 is 0 Å². The predicted molar refractivity (Wildman–Crippen MR) is 143 cm³/mol. The molecule has 0 aliphatic heterocycles. The van der Waals surface area contributed by atoms with Gasteiger partial charge in [-0.1, -0.05) is 106 Å². The second-order valence-electron chi connectivity index (χ2n) is 8.70. The first-order valence-corrected chi connectivity index (χ1v) is 12.4. The monoisotopic (exact) mass is 453 g/mol. The van der Waals surface area contributed by atoms with Gasteiger partial charge in [0.2, 0.25) is 0 Å². The summed E-state index contributed by atoms with van der Waals surface area (Å²) in [6.07, 6.45) is 0.863. The summed E-state index contributed by atoms with van der Waals surface area (Å²) >= 11 is 0. The third kappa shape index (κ3) is 6.32. The molecule has 1 unspecified atom stereocenters. The van der Waals surface area contributed by atoms with E-state index in [1.807, 2.05) is 6.07 Å². The minimum absolute atomic E-state index is 0.546. The molecule has 0 spiro atoms. The van der Waals surface area contributed by atoms with E-state index in [9.17, 15) is 0 Å². The first-order valence-electron chi connectivity index (χ1n) is 11.4. The number of rotatable bonds is 9. The highest BCUT2D eigenvalue weighted by Crippen LogP contribution is 2.28. The SMILES string of the molecule is Cc1cccc(CN(C)C)c1Pc1cccc(Cc2ccccc2)c1OCc1ccccc1. The maximum atomic E-state index is 6.56. The molecule has 33 heavy (non-hydrogen) atoms. The van der Waals surface area contributed by atoms with Gasteiger partial charge in [0.15, 0.2) is 0 Å². The van der Waals surface area contributed by atoms with Crippen molar-refractivity contribution >= 4 is 19.2 Å². The van der Waals surface area contributed by atoms with Crippen molar-refractivity contribution in [1.29, 1.82) is 0 Å². The van der Waals surface area contributed by atoms with Gasteiger partial charge in [0.1, 0.15) is 12.4 Å². The molecule has 0 aliphatic rings. The lowest BCUT2D eigenvalue weighted by atomic mass is 10.0. The number of para-hydroxylation sites is 1. The van der Waals surface area contributed by atoms with Crippen molar-refractivity contribution in [3.05, 3.63) is 125 Å². The Morgan fingerprint density at radius 3 is 2.03 bits per heavy atom. The molecule has 3 heteroatoms. The largest absolute Gasteiger partial charge is 0.488 e. The van der Waals surface area contributed by atoms with E-state index in [0.717, 1.165) is 18.7 Å². The highest BCUT2D eigenvalue weighted by Gasteiger charge is 2.15. The van der Waals surface area contributed by atoms with E-state index in [1.165, 1.54) is 38.4 Å². The molecule has 0 heterocycles. The molecular weight excluding hydrogens is 421 g/mol. The van der Waals surface area contributed by atoms with Gasteiger partial charge >= 0.3 is 0 Å². The number of hydrogen-bond donors (Lipinski definition) is 0. The maximum absolute atomic E-state index is 6.56. The van der Waals surface area contributed by atoms with Crippen molar-refractivity contribution in [3.63, 3.8) is 0 Å². The summed E-state index contributed by atoms with van der Waals surface area (Å²) in [5.74, 6) is 1.03. The van der Waals surface area contributed by atoms with Crippen LogP contribution in [0.4, 0.5) is 0 Å². The fraction of sp³-hybridized carbons (Fsp3) is 0.200. The molecule has 1 atom stereocenters. The summed E-state index contributed by atoms with van der Waals surface area (Å²) in [4.78, 5) is 2.24. The van der Waals surface area contributed by atoms with Crippen molar-refractivity contribution in [3.8, 4) is 5.75 Å². The summed E-state index contributed by atoms with van der Waals surface area (Å²) in [7, 11) is 4.80. The number of hydrogen-bond acceptors (Lipinski definition) is 2. The zero-order valence-electron chi connectivity index (χ0n) is 19.7. The van der Waals surface area contributed by atoms with Gasteiger partial charge in [-0.05, 0) is 54.1 Å². The Bertz CT molecular complexity index is 1170. The zero-order valence-corrected chi connectivity index (χ0v) is 20.7. The molecule has 0 N–H and O–H groups in total. The molecule has 0 aromatic heterocycles. The highest BCUT2D eigenvalue weighted by atomic mass is 31.1. The van der Waals surface area contributed by atoms with E-state index in [2.05, 4.69) is 117 Å². The van der Waals surface area contributed by atoms with Gasteiger partial charge < -0.3 is 9.64 Å². The van der Waals surface area contributed by atoms with Crippen LogP contribution in [0.1, 0.15) is 27.8 Å². The van der Waals surface area contributed by atoms with Crippen molar-refractivity contribution in [2.24, 2.45) is 0 Å². The Morgan fingerprint density at radius 1 is 0.697 bits per heavy atom. The molecule has 4 rings (SSSR count). The smallest absolute Gasteiger partial charge is 0.131 e. The lowest BCUT2D eigenvalue weighted by Gasteiger charge is -2.20. The Morgan fingerprint density at radius 2 is 1.33 bits per heavy atom. The molecule has 0 saturated carbocycles. The van der Waals surface area contributed by atoms with Gasteiger partial charge in [-0.3, -0.25) is 0 Å². The average Bonchev–Trinajstić information content (AvgIpc) is 2.82. The molecule has 0 saturated heterocycles. The molecule has 0 fully saturated rings. The summed E-state index contributed by atoms with van der Waals surface area (Å²) in [5, 5.41) is 2.70. The summed E-state index contributed by atoms with van der Waals surface area (Å²) < 4.78 is 6.56. The molecule has 4 aromatic rings. The quantitative estimate of drug-likeness (QED) is 0.295. The van der Waals surface area contributed by atoms with Crippen LogP contribution in [0, 0.1) is 6.92 Å². The minimum atomic E-state index is 0.546. The number of nitrogens with zero attached hydrogens (tertiary/aromatic N) is 1. The number of aryl methyl sites for hydroxylation is 1. The topological polar surface area (TPSA) is 12.5 Å². The van der Waals surface area contributed by atoms with Crippen molar-refractivity contribution < 1.29 is 4.74 Å². The second kappa shape index (κ2) is 11.3. The zero-order chi connectivity index (χ0) is 23.0. The second-order valence-corrected chi connectivity index (χ2v) is 9.99. The van der Waals surface area contributed by atoms with E-state index in [1.54, 1.807) is 0 Å². The van der Waals surface area contributed by atoms with Gasteiger partial charge in [-0.25, -0.2) is 0 Å². The van der Waals surface area contributed by atoms with Crippen molar-refractivity contribution in [2.75, 3.05) is 14.1 Å². The lowest BCUT2D eigenvalue weighted by molar-refractivity contribution is 0.306. The van der Waals surface area contributed by atoms with Crippen LogP contribution in [0.2, 0.25) is 0 Å². The molecule has 168 valence electrons. The molecular formula is C30H32NOP. The standard InChI is InChI=1S/C30H32NOP/c1-23-12-10-18-27(21-31(2)3)30(23)33-28-19-11-17-26(20-24-13-6-4-7-14-24)29(28)32-22-25-15-8-5-9-16-25/h4-19,33H,20-22H2,1-3H3. The van der Waals surface area contributed by atoms with Crippen LogP contribution in [-0.4, -0.2) is 19.0 Å². The van der Waals surface area contributed by atoms with Gasteiger partial charge in [-0.2, -0.15) is 0 Å². The molecule has 0 bridgehead atoms. The fourth-order valence-corrected chi connectivity index (χ4v) is 5.45. The van der Waals surface area contributed by atoms with Crippen LogP contribution in [0.5, 0.6) is 5.75 Å². The van der Waals surface area contributed by atoms with E-state index in [0.29, 0.717) is 15.2 Å². The molecule has 4 aromatic carbocycles. The Hall–Kier alpha value is -2.93. The van der Waals surface area contributed by atoms with Gasteiger partial charge in [0.25, 0.3) is 0 Å². The van der Waals surface area contributed by atoms with E-state index >= 15 is 0 Å². The predicted octanol–water partition coefficient (Wildman–Crippen LogP) is 5.86. The van der Waals surface area contributed by atoms with Crippen LogP contribution in [0.25, 0.3) is 0 Å². The fourth-order valence-electron chi connectivity index (χ4n) is 4.05. The summed E-state index contributed by atoms with van der Waals surface area (Å²) in [6, 6.07) is 34.3. The molecule has 0 amide bonds. The Kier molecular flexibility index (Phi) is 7.94. The Balaban J connectivity index is 1.70. The molecule has 0 aliphatic carbocycles. The minimum Gasteiger partial charge on any atom is -0.488 e. The third-order valence-electron chi connectivity index (χ3n) is 5.67. The lowest BCUT2D eigenvalue weighted by Crippen LogP contribution is -2.20. The Labute approximate surface area is 200 Å². The normalized spacial score (nSPS) is 11.4. The number of benzene rings is 4. The van der Waals surface area contributed by atoms with Crippen LogP contribution in [0.3, 0.4) is 0 Å². The van der Waals surface area contributed by atoms with Crippen LogP contribution >= 0.6 is 8.58 Å². The summed E-state index contributed by atoms with van der Waals surface area (Å²) in [6.45, 7) is 3.73. The summed E-state index contributed by atoms with van der Waals surface area (Å²) in [5.41, 5.74) is 6.46. The highest BCUT2D eigenvalue weighted by molar-refractivity contribution is 7.56. The van der Waals surface area contributed by atoms with E-state index in [4.69, 9.17) is 4.74 Å².